The van der Waals surface area contributed by atoms with Gasteiger partial charge in [-0.05, 0) is 17.7 Å². The van der Waals surface area contributed by atoms with Gasteiger partial charge in [0, 0.05) is 26.1 Å². The maximum atomic E-state index is 12.1. The highest BCUT2D eigenvalue weighted by Gasteiger charge is 2.38. The van der Waals surface area contributed by atoms with Crippen LogP contribution in [-0.4, -0.2) is 50.3 Å². The molecule has 0 radical (unpaired) electrons. The number of likely N-dealkylation sites (tertiary alicyclic amines) is 1. The Kier molecular flexibility index (Phi) is 3.98. The summed E-state index contributed by atoms with van der Waals surface area (Å²) in [6.07, 6.45) is 0.364. The van der Waals surface area contributed by atoms with Gasteiger partial charge in [-0.3, -0.25) is 4.79 Å². The minimum Gasteiger partial charge on any atom is -0.486 e. The van der Waals surface area contributed by atoms with Gasteiger partial charge >= 0.3 is 0 Å². The minimum atomic E-state index is -0.211. The molecule has 2 heterocycles. The van der Waals surface area contributed by atoms with E-state index in [1.165, 1.54) is 0 Å². The summed E-state index contributed by atoms with van der Waals surface area (Å²) >= 11 is 0. The summed E-state index contributed by atoms with van der Waals surface area (Å²) in [5, 5.41) is 0. The van der Waals surface area contributed by atoms with E-state index in [-0.39, 0.29) is 18.0 Å². The van der Waals surface area contributed by atoms with Gasteiger partial charge in [-0.15, -0.1) is 0 Å². The first-order valence-corrected chi connectivity index (χ1v) is 7.14. The summed E-state index contributed by atoms with van der Waals surface area (Å²) in [4.78, 5) is 13.9. The number of fused-ring (bicyclic) bond motifs is 1. The van der Waals surface area contributed by atoms with E-state index in [1.54, 1.807) is 12.0 Å². The SMILES string of the molecule is COCCN1C(=O)CC(N)C1c1ccc2c(c1)OCCO2. The zero-order valence-corrected chi connectivity index (χ0v) is 12.1. The molecule has 1 fully saturated rings. The van der Waals surface area contributed by atoms with Crippen LogP contribution in [0.4, 0.5) is 0 Å². The molecular weight excluding hydrogens is 272 g/mol. The van der Waals surface area contributed by atoms with E-state index >= 15 is 0 Å². The van der Waals surface area contributed by atoms with E-state index in [0.29, 0.717) is 32.8 Å². The third-order valence-corrected chi connectivity index (χ3v) is 3.92. The maximum Gasteiger partial charge on any atom is 0.224 e. The second-order valence-electron chi connectivity index (χ2n) is 5.30. The van der Waals surface area contributed by atoms with E-state index in [4.69, 9.17) is 19.9 Å². The molecule has 2 N–H and O–H groups in total. The molecule has 114 valence electrons. The fourth-order valence-corrected chi connectivity index (χ4v) is 2.94. The van der Waals surface area contributed by atoms with Crippen molar-refractivity contribution in [3.05, 3.63) is 23.8 Å². The molecule has 0 aromatic heterocycles. The van der Waals surface area contributed by atoms with Crippen molar-refractivity contribution in [1.29, 1.82) is 0 Å². The molecule has 0 aliphatic carbocycles. The van der Waals surface area contributed by atoms with Crippen LogP contribution in [0.15, 0.2) is 18.2 Å². The van der Waals surface area contributed by atoms with Gasteiger partial charge < -0.3 is 24.8 Å². The number of hydrogen-bond acceptors (Lipinski definition) is 5. The first kappa shape index (κ1) is 14.2. The number of amides is 1. The van der Waals surface area contributed by atoms with Crippen LogP contribution in [0.5, 0.6) is 11.5 Å². The number of nitrogens with zero attached hydrogens (tertiary/aromatic N) is 1. The lowest BCUT2D eigenvalue weighted by Crippen LogP contribution is -2.35. The predicted molar refractivity (Wildman–Crippen MR) is 76.4 cm³/mol. The van der Waals surface area contributed by atoms with Crippen molar-refractivity contribution < 1.29 is 19.0 Å². The van der Waals surface area contributed by atoms with Crippen LogP contribution in [-0.2, 0) is 9.53 Å². The van der Waals surface area contributed by atoms with Crippen LogP contribution in [0.25, 0.3) is 0 Å². The van der Waals surface area contributed by atoms with E-state index in [0.717, 1.165) is 17.1 Å². The Balaban J connectivity index is 1.87. The summed E-state index contributed by atoms with van der Waals surface area (Å²) in [7, 11) is 1.62. The lowest BCUT2D eigenvalue weighted by molar-refractivity contribution is -0.129. The molecule has 0 saturated carbocycles. The molecule has 1 aromatic carbocycles. The van der Waals surface area contributed by atoms with E-state index < -0.39 is 0 Å². The highest BCUT2D eigenvalue weighted by molar-refractivity contribution is 5.80. The topological polar surface area (TPSA) is 74.0 Å². The summed E-state index contributed by atoms with van der Waals surface area (Å²) in [6.45, 7) is 2.15. The van der Waals surface area contributed by atoms with Crippen molar-refractivity contribution in [3.8, 4) is 11.5 Å². The van der Waals surface area contributed by atoms with E-state index in [2.05, 4.69) is 0 Å². The van der Waals surface area contributed by atoms with Gasteiger partial charge in [-0.2, -0.15) is 0 Å². The van der Waals surface area contributed by atoms with E-state index in [9.17, 15) is 4.79 Å². The van der Waals surface area contributed by atoms with Crippen molar-refractivity contribution in [1.82, 2.24) is 4.90 Å². The summed E-state index contributed by atoms with van der Waals surface area (Å²) in [5.74, 6) is 1.53. The molecule has 1 saturated heterocycles. The molecule has 21 heavy (non-hydrogen) atoms. The number of ether oxygens (including phenoxy) is 3. The fraction of sp³-hybridized carbons (Fsp3) is 0.533. The molecule has 1 aromatic rings. The highest BCUT2D eigenvalue weighted by atomic mass is 16.6. The van der Waals surface area contributed by atoms with Gasteiger partial charge in [0.05, 0.1) is 12.6 Å². The summed E-state index contributed by atoms with van der Waals surface area (Å²) in [5.41, 5.74) is 7.14. The zero-order valence-electron chi connectivity index (χ0n) is 12.1. The van der Waals surface area contributed by atoms with Gasteiger partial charge in [-0.25, -0.2) is 0 Å². The third kappa shape index (κ3) is 2.69. The molecule has 6 nitrogen and oxygen atoms in total. The monoisotopic (exact) mass is 292 g/mol. The average Bonchev–Trinajstić information content (AvgIpc) is 2.78. The number of rotatable bonds is 4. The van der Waals surface area contributed by atoms with Crippen molar-refractivity contribution in [2.75, 3.05) is 33.5 Å². The Bertz CT molecular complexity index is 534. The second-order valence-corrected chi connectivity index (χ2v) is 5.30. The van der Waals surface area contributed by atoms with Crippen molar-refractivity contribution in [2.24, 2.45) is 5.73 Å². The van der Waals surface area contributed by atoms with Crippen LogP contribution in [0, 0.1) is 0 Å². The maximum absolute atomic E-state index is 12.1. The van der Waals surface area contributed by atoms with Crippen molar-refractivity contribution in [3.63, 3.8) is 0 Å². The van der Waals surface area contributed by atoms with Crippen LogP contribution < -0.4 is 15.2 Å². The molecule has 6 heteroatoms. The normalized spacial score (nSPS) is 24.5. The number of carbonyl (C=O) groups excluding carboxylic acids is 1. The Labute approximate surface area is 123 Å². The van der Waals surface area contributed by atoms with Gasteiger partial charge in [0.25, 0.3) is 0 Å². The Hall–Kier alpha value is -1.79. The highest BCUT2D eigenvalue weighted by Crippen LogP contribution is 2.37. The average molecular weight is 292 g/mol. The standard InChI is InChI=1S/C15H20N2O4/c1-19-5-4-17-14(18)9-11(16)15(17)10-2-3-12-13(8-10)21-7-6-20-12/h2-3,8,11,15H,4-7,9,16H2,1H3. The van der Waals surface area contributed by atoms with Crippen LogP contribution >= 0.6 is 0 Å². The molecule has 1 amide bonds. The molecular formula is C15H20N2O4. The third-order valence-electron chi connectivity index (χ3n) is 3.92. The van der Waals surface area contributed by atoms with Gasteiger partial charge in [0.1, 0.15) is 13.2 Å². The molecule has 2 aliphatic rings. The van der Waals surface area contributed by atoms with Crippen molar-refractivity contribution in [2.45, 2.75) is 18.5 Å². The van der Waals surface area contributed by atoms with Crippen LogP contribution in [0.2, 0.25) is 0 Å². The van der Waals surface area contributed by atoms with Gasteiger partial charge in [0.15, 0.2) is 11.5 Å². The fourth-order valence-electron chi connectivity index (χ4n) is 2.94. The molecule has 2 unspecified atom stereocenters. The Morgan fingerprint density at radius 1 is 1.33 bits per heavy atom. The zero-order chi connectivity index (χ0) is 14.8. The molecule has 0 spiro atoms. The Morgan fingerprint density at radius 2 is 2.10 bits per heavy atom. The number of carbonyl (C=O) groups is 1. The van der Waals surface area contributed by atoms with Gasteiger partial charge in [-0.1, -0.05) is 6.07 Å². The van der Waals surface area contributed by atoms with Crippen LogP contribution in [0.1, 0.15) is 18.0 Å². The van der Waals surface area contributed by atoms with Crippen molar-refractivity contribution >= 4 is 5.91 Å². The van der Waals surface area contributed by atoms with Crippen LogP contribution in [0.3, 0.4) is 0 Å². The Morgan fingerprint density at radius 3 is 2.86 bits per heavy atom. The first-order valence-electron chi connectivity index (χ1n) is 7.14. The summed E-state index contributed by atoms with van der Waals surface area (Å²) < 4.78 is 16.2. The van der Waals surface area contributed by atoms with Gasteiger partial charge in [0.2, 0.25) is 5.91 Å². The smallest absolute Gasteiger partial charge is 0.224 e. The minimum absolute atomic E-state index is 0.0689. The quantitative estimate of drug-likeness (QED) is 0.884. The number of methoxy groups -OCH3 is 1. The predicted octanol–water partition coefficient (Wildman–Crippen LogP) is 0.705. The number of benzene rings is 1. The molecule has 2 atom stereocenters. The second kappa shape index (κ2) is 5.91. The van der Waals surface area contributed by atoms with E-state index in [1.807, 2.05) is 18.2 Å². The largest absolute Gasteiger partial charge is 0.486 e. The number of nitrogens with two attached hydrogens (primary N) is 1. The number of hydrogen-bond donors (Lipinski definition) is 1. The lowest BCUT2D eigenvalue weighted by atomic mass is 10.00. The molecule has 3 rings (SSSR count). The lowest BCUT2D eigenvalue weighted by Gasteiger charge is -2.28. The molecule has 2 aliphatic heterocycles. The molecule has 0 bridgehead atoms. The summed E-state index contributed by atoms with van der Waals surface area (Å²) in [6, 6.07) is 5.42. The first-order chi connectivity index (χ1) is 10.2.